The van der Waals surface area contributed by atoms with Crippen molar-refractivity contribution in [1.29, 1.82) is 5.26 Å². The van der Waals surface area contributed by atoms with Crippen LogP contribution in [0.1, 0.15) is 54.4 Å². The summed E-state index contributed by atoms with van der Waals surface area (Å²) in [5.74, 6) is 1.18. The van der Waals surface area contributed by atoms with Gasteiger partial charge in [0.25, 0.3) is 0 Å². The molecule has 0 aromatic carbocycles. The lowest BCUT2D eigenvalue weighted by Crippen LogP contribution is -2.14. The molecule has 126 valence electrons. The van der Waals surface area contributed by atoms with E-state index in [2.05, 4.69) is 26.6 Å². The van der Waals surface area contributed by atoms with Gasteiger partial charge in [-0.05, 0) is 31.2 Å². The maximum Gasteiger partial charge on any atom is 0.235 e. The molecular weight excluding hydrogens is 342 g/mol. The number of anilines is 1. The Morgan fingerprint density at radius 1 is 1.46 bits per heavy atom. The number of H-pyrrole nitrogens is 1. The number of carbonyl (C=O) groups excluding carboxylic acids is 1. The van der Waals surface area contributed by atoms with E-state index in [1.807, 2.05) is 13.8 Å². The van der Waals surface area contributed by atoms with E-state index in [0.29, 0.717) is 15.7 Å². The highest BCUT2D eigenvalue weighted by Crippen LogP contribution is 2.37. The smallest absolute Gasteiger partial charge is 0.235 e. The molecular formula is C16H19N5OS2. The van der Waals surface area contributed by atoms with Gasteiger partial charge in [0.1, 0.15) is 16.9 Å². The molecule has 1 amide bonds. The Bertz CT molecular complexity index is 787. The number of carbonyl (C=O) groups is 1. The summed E-state index contributed by atoms with van der Waals surface area (Å²) >= 11 is 2.83. The van der Waals surface area contributed by atoms with Gasteiger partial charge in [-0.2, -0.15) is 5.26 Å². The topological polar surface area (TPSA) is 94.5 Å². The number of rotatable bonds is 5. The standard InChI is InChI=1S/C16H19N5OS2/c1-9(2)14-19-16(21-20-14)23-8-13(22)18-15-11(7-17)10-5-3-4-6-12(10)24-15/h9H,3-6,8H2,1-2H3,(H,18,22)(H,19,20,21). The molecule has 0 aliphatic heterocycles. The van der Waals surface area contributed by atoms with E-state index in [1.54, 1.807) is 11.3 Å². The molecule has 3 rings (SSSR count). The van der Waals surface area contributed by atoms with Crippen LogP contribution in [0.4, 0.5) is 5.00 Å². The first-order chi connectivity index (χ1) is 11.6. The van der Waals surface area contributed by atoms with Crippen LogP contribution in [0.15, 0.2) is 5.16 Å². The molecule has 0 unspecified atom stereocenters. The van der Waals surface area contributed by atoms with Crippen molar-refractivity contribution in [3.8, 4) is 6.07 Å². The largest absolute Gasteiger partial charge is 0.316 e. The zero-order valence-electron chi connectivity index (χ0n) is 13.7. The Morgan fingerprint density at radius 3 is 2.96 bits per heavy atom. The lowest BCUT2D eigenvalue weighted by molar-refractivity contribution is -0.113. The van der Waals surface area contributed by atoms with Crippen LogP contribution < -0.4 is 5.32 Å². The normalized spacial score (nSPS) is 13.6. The van der Waals surface area contributed by atoms with Gasteiger partial charge in [-0.15, -0.1) is 16.4 Å². The van der Waals surface area contributed by atoms with Crippen molar-refractivity contribution < 1.29 is 4.79 Å². The molecule has 1 aliphatic carbocycles. The Hall–Kier alpha value is -1.85. The summed E-state index contributed by atoms with van der Waals surface area (Å²) < 4.78 is 0. The zero-order chi connectivity index (χ0) is 17.1. The van der Waals surface area contributed by atoms with Crippen LogP contribution >= 0.6 is 23.1 Å². The van der Waals surface area contributed by atoms with Crippen molar-refractivity contribution in [1.82, 2.24) is 15.2 Å². The Kier molecular flexibility index (Phi) is 5.21. The van der Waals surface area contributed by atoms with Crippen LogP contribution in [0.25, 0.3) is 0 Å². The van der Waals surface area contributed by atoms with Crippen molar-refractivity contribution in [2.75, 3.05) is 11.1 Å². The van der Waals surface area contributed by atoms with E-state index in [4.69, 9.17) is 0 Å². The number of nitrogens with one attached hydrogen (secondary N) is 2. The highest BCUT2D eigenvalue weighted by atomic mass is 32.2. The summed E-state index contributed by atoms with van der Waals surface area (Å²) in [5, 5.41) is 20.5. The van der Waals surface area contributed by atoms with Crippen LogP contribution in [-0.2, 0) is 17.6 Å². The number of nitriles is 1. The highest BCUT2D eigenvalue weighted by Gasteiger charge is 2.22. The molecule has 0 radical (unpaired) electrons. The molecule has 0 fully saturated rings. The molecule has 0 spiro atoms. The summed E-state index contributed by atoms with van der Waals surface area (Å²) in [6.45, 7) is 4.06. The Morgan fingerprint density at radius 2 is 2.25 bits per heavy atom. The van der Waals surface area contributed by atoms with Crippen molar-refractivity contribution >= 4 is 34.0 Å². The fourth-order valence-corrected chi connectivity index (χ4v) is 4.51. The van der Waals surface area contributed by atoms with Crippen molar-refractivity contribution in [2.45, 2.75) is 50.6 Å². The van der Waals surface area contributed by atoms with E-state index in [9.17, 15) is 10.1 Å². The molecule has 2 heterocycles. The number of thiophene rings is 1. The molecule has 6 nitrogen and oxygen atoms in total. The van der Waals surface area contributed by atoms with E-state index in [0.717, 1.165) is 37.1 Å². The molecule has 1 aliphatic rings. The third-order valence-corrected chi connectivity index (χ3v) is 5.95. The van der Waals surface area contributed by atoms with Gasteiger partial charge >= 0.3 is 0 Å². The summed E-state index contributed by atoms with van der Waals surface area (Å²) in [7, 11) is 0. The van der Waals surface area contributed by atoms with Crippen molar-refractivity contribution in [2.24, 2.45) is 0 Å². The average Bonchev–Trinajstić information content (AvgIpc) is 3.17. The van der Waals surface area contributed by atoms with Gasteiger partial charge < -0.3 is 5.32 Å². The van der Waals surface area contributed by atoms with Crippen LogP contribution in [-0.4, -0.2) is 26.8 Å². The van der Waals surface area contributed by atoms with Crippen LogP contribution in [0.5, 0.6) is 0 Å². The summed E-state index contributed by atoms with van der Waals surface area (Å²) in [6.07, 6.45) is 4.22. The molecule has 0 atom stereocenters. The Labute approximate surface area is 149 Å². The van der Waals surface area contributed by atoms with Crippen LogP contribution in [0.3, 0.4) is 0 Å². The minimum atomic E-state index is -0.133. The summed E-state index contributed by atoms with van der Waals surface area (Å²) in [4.78, 5) is 17.8. The second kappa shape index (κ2) is 7.36. The fraction of sp³-hybridized carbons (Fsp3) is 0.500. The number of hydrogen-bond donors (Lipinski definition) is 2. The van der Waals surface area contributed by atoms with E-state index in [-0.39, 0.29) is 17.6 Å². The number of amides is 1. The third kappa shape index (κ3) is 3.62. The van der Waals surface area contributed by atoms with E-state index >= 15 is 0 Å². The minimum Gasteiger partial charge on any atom is -0.316 e. The van der Waals surface area contributed by atoms with Gasteiger partial charge in [-0.25, -0.2) is 4.98 Å². The molecule has 2 aromatic heterocycles. The first-order valence-electron chi connectivity index (χ1n) is 7.98. The predicted octanol–water partition coefficient (Wildman–Crippen LogP) is 3.47. The molecule has 0 saturated heterocycles. The lowest BCUT2D eigenvalue weighted by atomic mass is 9.96. The van der Waals surface area contributed by atoms with Gasteiger partial charge in [0, 0.05) is 10.8 Å². The van der Waals surface area contributed by atoms with Crippen LogP contribution in [0.2, 0.25) is 0 Å². The second-order valence-electron chi connectivity index (χ2n) is 6.02. The number of fused-ring (bicyclic) bond motifs is 1. The van der Waals surface area contributed by atoms with Crippen molar-refractivity contribution in [3.05, 3.63) is 21.8 Å². The average molecular weight is 361 g/mol. The van der Waals surface area contributed by atoms with Gasteiger partial charge in [-0.1, -0.05) is 25.6 Å². The van der Waals surface area contributed by atoms with Crippen LogP contribution in [0, 0.1) is 11.3 Å². The minimum absolute atomic E-state index is 0.133. The van der Waals surface area contributed by atoms with Gasteiger partial charge in [0.15, 0.2) is 0 Å². The second-order valence-corrected chi connectivity index (χ2v) is 8.07. The monoisotopic (exact) mass is 361 g/mol. The van der Waals surface area contributed by atoms with Gasteiger partial charge in [0.05, 0.1) is 11.3 Å². The number of aromatic amines is 1. The predicted molar refractivity (Wildman–Crippen MR) is 95.5 cm³/mol. The van der Waals surface area contributed by atoms with E-state index < -0.39 is 0 Å². The number of thioether (sulfide) groups is 1. The van der Waals surface area contributed by atoms with Gasteiger partial charge in [-0.3, -0.25) is 9.89 Å². The SMILES string of the molecule is CC(C)c1nc(SCC(=O)Nc2sc3c(c2C#N)CCCC3)n[nH]1. The Balaban J connectivity index is 1.62. The first kappa shape index (κ1) is 17.0. The molecule has 8 heteroatoms. The van der Waals surface area contributed by atoms with E-state index in [1.165, 1.54) is 16.6 Å². The van der Waals surface area contributed by atoms with Gasteiger partial charge in [0.2, 0.25) is 11.1 Å². The summed E-state index contributed by atoms with van der Waals surface area (Å²) in [5.41, 5.74) is 1.78. The fourth-order valence-electron chi connectivity index (χ4n) is 2.65. The molecule has 0 bridgehead atoms. The summed E-state index contributed by atoms with van der Waals surface area (Å²) in [6, 6.07) is 2.26. The molecule has 2 aromatic rings. The maximum atomic E-state index is 12.2. The zero-order valence-corrected chi connectivity index (χ0v) is 15.3. The number of hydrogen-bond acceptors (Lipinski definition) is 6. The molecule has 2 N–H and O–H groups in total. The first-order valence-corrected chi connectivity index (χ1v) is 9.78. The molecule has 0 saturated carbocycles. The van der Waals surface area contributed by atoms with Crippen molar-refractivity contribution in [3.63, 3.8) is 0 Å². The molecule has 24 heavy (non-hydrogen) atoms. The number of nitrogens with zero attached hydrogens (tertiary/aromatic N) is 3. The number of aromatic nitrogens is 3. The highest BCUT2D eigenvalue weighted by molar-refractivity contribution is 7.99. The number of aryl methyl sites for hydroxylation is 1. The lowest BCUT2D eigenvalue weighted by Gasteiger charge is -2.09. The third-order valence-electron chi connectivity index (χ3n) is 3.90. The quantitative estimate of drug-likeness (QED) is 0.795. The maximum absolute atomic E-state index is 12.2.